The van der Waals surface area contributed by atoms with Crippen molar-refractivity contribution < 1.29 is 4.74 Å². The molecule has 1 heterocycles. The van der Waals surface area contributed by atoms with Crippen molar-refractivity contribution in [2.45, 2.75) is 13.5 Å². The van der Waals surface area contributed by atoms with Crippen molar-refractivity contribution in [2.24, 2.45) is 0 Å². The summed E-state index contributed by atoms with van der Waals surface area (Å²) >= 11 is 0. The van der Waals surface area contributed by atoms with Crippen LogP contribution in [0.3, 0.4) is 0 Å². The Kier molecular flexibility index (Phi) is 5.46. The molecule has 0 radical (unpaired) electrons. The van der Waals surface area contributed by atoms with Crippen molar-refractivity contribution >= 4 is 11.8 Å². The second-order valence-electron chi connectivity index (χ2n) is 5.56. The molecule has 25 heavy (non-hydrogen) atoms. The van der Waals surface area contributed by atoms with Crippen LogP contribution >= 0.6 is 0 Å². The molecular formula is C20H22N4O. The van der Waals surface area contributed by atoms with Crippen molar-refractivity contribution in [3.63, 3.8) is 0 Å². The lowest BCUT2D eigenvalue weighted by Gasteiger charge is -2.11. The highest BCUT2D eigenvalue weighted by Gasteiger charge is 2.06. The molecule has 0 atom stereocenters. The van der Waals surface area contributed by atoms with Crippen molar-refractivity contribution in [1.29, 1.82) is 0 Å². The third-order valence-corrected chi connectivity index (χ3v) is 3.74. The van der Waals surface area contributed by atoms with E-state index in [9.17, 15) is 0 Å². The molecule has 128 valence electrons. The molecule has 0 spiro atoms. The van der Waals surface area contributed by atoms with Crippen LogP contribution in [0.15, 0.2) is 60.7 Å². The molecule has 1 aromatic heterocycles. The third-order valence-electron chi connectivity index (χ3n) is 3.74. The van der Waals surface area contributed by atoms with Crippen molar-refractivity contribution in [1.82, 2.24) is 9.97 Å². The Morgan fingerprint density at radius 3 is 2.52 bits per heavy atom. The fourth-order valence-corrected chi connectivity index (χ4v) is 2.51. The quantitative estimate of drug-likeness (QED) is 0.678. The number of nitrogens with one attached hydrogen (secondary N) is 2. The van der Waals surface area contributed by atoms with E-state index in [1.165, 1.54) is 0 Å². The number of anilines is 2. The highest BCUT2D eigenvalue weighted by atomic mass is 16.5. The van der Waals surface area contributed by atoms with Crippen LogP contribution in [0.2, 0.25) is 0 Å². The normalized spacial score (nSPS) is 10.3. The van der Waals surface area contributed by atoms with Gasteiger partial charge in [0.25, 0.3) is 0 Å². The van der Waals surface area contributed by atoms with E-state index in [-0.39, 0.29) is 0 Å². The molecular weight excluding hydrogens is 312 g/mol. The highest BCUT2D eigenvalue weighted by Crippen LogP contribution is 2.22. The van der Waals surface area contributed by atoms with Crippen LogP contribution in [0.4, 0.5) is 11.8 Å². The number of rotatable bonds is 7. The van der Waals surface area contributed by atoms with Gasteiger partial charge in [0.2, 0.25) is 5.95 Å². The molecule has 0 aliphatic carbocycles. The Bertz CT molecular complexity index is 821. The first-order chi connectivity index (χ1) is 12.3. The van der Waals surface area contributed by atoms with Gasteiger partial charge in [-0.2, -0.15) is 4.98 Å². The Hall–Kier alpha value is -3.08. The average molecular weight is 334 g/mol. The minimum Gasteiger partial charge on any atom is -0.497 e. The van der Waals surface area contributed by atoms with E-state index in [4.69, 9.17) is 4.74 Å². The van der Waals surface area contributed by atoms with E-state index in [1.54, 1.807) is 7.11 Å². The molecule has 5 heteroatoms. The maximum absolute atomic E-state index is 5.27. The number of hydrogen-bond acceptors (Lipinski definition) is 5. The lowest BCUT2D eigenvalue weighted by atomic mass is 10.1. The van der Waals surface area contributed by atoms with Gasteiger partial charge in [-0.3, -0.25) is 0 Å². The molecule has 0 amide bonds. The fraction of sp³-hybridized carbons (Fsp3) is 0.200. The Labute approximate surface area is 148 Å². The van der Waals surface area contributed by atoms with Crippen LogP contribution < -0.4 is 15.4 Å². The second-order valence-corrected chi connectivity index (χ2v) is 5.56. The van der Waals surface area contributed by atoms with Crippen LogP contribution in [0, 0.1) is 0 Å². The van der Waals surface area contributed by atoms with E-state index in [2.05, 4.69) is 26.7 Å². The number of ether oxygens (including phenoxy) is 1. The summed E-state index contributed by atoms with van der Waals surface area (Å²) in [5.41, 5.74) is 3.08. The molecule has 0 fully saturated rings. The predicted molar refractivity (Wildman–Crippen MR) is 102 cm³/mol. The topological polar surface area (TPSA) is 59.1 Å². The average Bonchev–Trinajstić information content (AvgIpc) is 2.67. The summed E-state index contributed by atoms with van der Waals surface area (Å²) < 4.78 is 5.27. The molecule has 0 saturated carbocycles. The third kappa shape index (κ3) is 4.47. The van der Waals surface area contributed by atoms with Gasteiger partial charge in [0.05, 0.1) is 12.8 Å². The zero-order valence-corrected chi connectivity index (χ0v) is 14.5. The van der Waals surface area contributed by atoms with Crippen molar-refractivity contribution in [2.75, 3.05) is 24.3 Å². The van der Waals surface area contributed by atoms with Crippen LogP contribution in [-0.4, -0.2) is 23.6 Å². The molecule has 3 aromatic rings. The van der Waals surface area contributed by atoms with E-state index < -0.39 is 0 Å². The van der Waals surface area contributed by atoms with E-state index >= 15 is 0 Å². The lowest BCUT2D eigenvalue weighted by molar-refractivity contribution is 0.414. The summed E-state index contributed by atoms with van der Waals surface area (Å²) in [7, 11) is 1.67. The number of nitrogens with zero attached hydrogens (tertiary/aromatic N) is 2. The van der Waals surface area contributed by atoms with E-state index in [0.29, 0.717) is 12.5 Å². The Morgan fingerprint density at radius 1 is 0.920 bits per heavy atom. The van der Waals surface area contributed by atoms with E-state index in [0.717, 1.165) is 34.9 Å². The Morgan fingerprint density at radius 2 is 1.76 bits per heavy atom. The van der Waals surface area contributed by atoms with Gasteiger partial charge in [-0.15, -0.1) is 0 Å². The standard InChI is InChI=1S/C20H22N4O/c1-3-21-20-23-18(16-9-5-4-6-10-16)13-19(24-20)22-14-15-8-7-11-17(12-15)25-2/h4-13H,3,14H2,1-2H3,(H2,21,22,23,24). The fourth-order valence-electron chi connectivity index (χ4n) is 2.51. The number of hydrogen-bond donors (Lipinski definition) is 2. The lowest BCUT2D eigenvalue weighted by Crippen LogP contribution is -2.07. The molecule has 0 bridgehead atoms. The van der Waals surface area contributed by atoms with Crippen molar-refractivity contribution in [3.05, 3.63) is 66.2 Å². The van der Waals surface area contributed by atoms with Gasteiger partial charge in [-0.1, -0.05) is 42.5 Å². The number of methoxy groups -OCH3 is 1. The van der Waals surface area contributed by atoms with Gasteiger partial charge in [0.15, 0.2) is 0 Å². The molecule has 2 aromatic carbocycles. The second kappa shape index (κ2) is 8.15. The largest absolute Gasteiger partial charge is 0.497 e. The van der Waals surface area contributed by atoms with Crippen LogP contribution in [0.1, 0.15) is 12.5 Å². The first-order valence-electron chi connectivity index (χ1n) is 8.33. The van der Waals surface area contributed by atoms with Crippen molar-refractivity contribution in [3.8, 4) is 17.0 Å². The number of aromatic nitrogens is 2. The summed E-state index contributed by atoms with van der Waals surface area (Å²) in [6.07, 6.45) is 0. The zero-order chi connectivity index (χ0) is 17.5. The molecule has 0 aliphatic rings. The zero-order valence-electron chi connectivity index (χ0n) is 14.5. The monoisotopic (exact) mass is 334 g/mol. The molecule has 0 saturated heterocycles. The van der Waals surface area contributed by atoms with Gasteiger partial charge in [0, 0.05) is 24.7 Å². The number of benzene rings is 2. The molecule has 0 unspecified atom stereocenters. The van der Waals surface area contributed by atoms with Gasteiger partial charge in [-0.05, 0) is 24.6 Å². The summed E-state index contributed by atoms with van der Waals surface area (Å²) in [5, 5.41) is 6.57. The summed E-state index contributed by atoms with van der Waals surface area (Å²) in [4.78, 5) is 9.14. The van der Waals surface area contributed by atoms with Gasteiger partial charge in [-0.25, -0.2) is 4.98 Å². The minimum absolute atomic E-state index is 0.622. The summed E-state index contributed by atoms with van der Waals surface area (Å²) in [6, 6.07) is 20.1. The smallest absolute Gasteiger partial charge is 0.225 e. The Balaban J connectivity index is 1.83. The maximum atomic E-state index is 5.27. The van der Waals surface area contributed by atoms with Gasteiger partial charge >= 0.3 is 0 Å². The molecule has 2 N–H and O–H groups in total. The van der Waals surface area contributed by atoms with Gasteiger partial charge < -0.3 is 15.4 Å². The summed E-state index contributed by atoms with van der Waals surface area (Å²) in [6.45, 7) is 3.46. The minimum atomic E-state index is 0.622. The summed E-state index contributed by atoms with van der Waals surface area (Å²) in [5.74, 6) is 2.25. The first kappa shape index (κ1) is 16.8. The maximum Gasteiger partial charge on any atom is 0.225 e. The van der Waals surface area contributed by atoms with Crippen LogP contribution in [0.5, 0.6) is 5.75 Å². The molecule has 5 nitrogen and oxygen atoms in total. The molecule has 3 rings (SSSR count). The highest BCUT2D eigenvalue weighted by molar-refractivity contribution is 5.64. The van der Waals surface area contributed by atoms with Crippen LogP contribution in [0.25, 0.3) is 11.3 Å². The SMILES string of the molecule is CCNc1nc(NCc2cccc(OC)c2)cc(-c2ccccc2)n1. The van der Waals surface area contributed by atoms with Crippen LogP contribution in [-0.2, 0) is 6.54 Å². The van der Waals surface area contributed by atoms with E-state index in [1.807, 2.05) is 61.5 Å². The molecule has 0 aliphatic heterocycles. The predicted octanol–water partition coefficient (Wildman–Crippen LogP) is 4.20. The first-order valence-corrected chi connectivity index (χ1v) is 8.33. The van der Waals surface area contributed by atoms with Gasteiger partial charge in [0.1, 0.15) is 11.6 Å².